The molecule has 1 aromatic carbocycles. The average molecular weight is 351 g/mol. The highest BCUT2D eigenvalue weighted by Crippen LogP contribution is 2.27. The van der Waals surface area contributed by atoms with E-state index in [1.807, 2.05) is 0 Å². The minimum Gasteiger partial charge on any atom is -0.394 e. The number of benzene rings is 1. The van der Waals surface area contributed by atoms with E-state index in [1.54, 1.807) is 0 Å². The third-order valence-corrected chi connectivity index (χ3v) is 4.29. The lowest BCUT2D eigenvalue weighted by Gasteiger charge is -2.28. The van der Waals surface area contributed by atoms with Crippen LogP contribution in [-0.2, 0) is 10.0 Å². The second-order valence-corrected chi connectivity index (χ2v) is 5.88. The Hall–Kier alpha value is -1.34. The number of hydrogen-bond acceptors (Lipinski definition) is 5. The van der Waals surface area contributed by atoms with Crippen LogP contribution in [0.5, 0.6) is 0 Å². The Bertz CT molecular complexity index is 640. The van der Waals surface area contributed by atoms with Crippen molar-refractivity contribution in [1.29, 1.82) is 0 Å². The number of halogens is 5. The molecule has 12 heteroatoms. The van der Waals surface area contributed by atoms with Crippen LogP contribution < -0.4 is 4.72 Å². The molecule has 0 aliphatic heterocycles. The number of hydrogen-bond donors (Lipinski definition) is 4. The molecule has 0 saturated heterocycles. The van der Waals surface area contributed by atoms with Crippen LogP contribution in [0.1, 0.15) is 0 Å². The highest BCUT2D eigenvalue weighted by atomic mass is 32.2. The summed E-state index contributed by atoms with van der Waals surface area (Å²) in [6, 6.07) is 0. The van der Waals surface area contributed by atoms with E-state index in [1.165, 1.54) is 4.72 Å². The first-order chi connectivity index (χ1) is 10.1. The monoisotopic (exact) mass is 351 g/mol. The van der Waals surface area contributed by atoms with E-state index in [9.17, 15) is 30.4 Å². The van der Waals surface area contributed by atoms with Gasteiger partial charge in [-0.2, -0.15) is 4.72 Å². The molecular weight excluding hydrogens is 341 g/mol. The first-order valence-electron chi connectivity index (χ1n) is 5.45. The summed E-state index contributed by atoms with van der Waals surface area (Å²) in [4.78, 5) is -2.19. The summed E-state index contributed by atoms with van der Waals surface area (Å²) in [5.41, 5.74) is -2.36. The molecule has 126 valence electrons. The maximum Gasteiger partial charge on any atom is 0.247 e. The lowest BCUT2D eigenvalue weighted by Crippen LogP contribution is -2.57. The molecule has 4 N–H and O–H groups in total. The summed E-state index contributed by atoms with van der Waals surface area (Å²) in [6.07, 6.45) is 0. The van der Waals surface area contributed by atoms with Gasteiger partial charge >= 0.3 is 0 Å². The molecule has 1 rings (SSSR count). The zero-order valence-electron chi connectivity index (χ0n) is 10.6. The molecule has 0 atom stereocenters. The molecule has 22 heavy (non-hydrogen) atoms. The van der Waals surface area contributed by atoms with E-state index in [-0.39, 0.29) is 0 Å². The van der Waals surface area contributed by atoms with Crippen LogP contribution in [0.4, 0.5) is 22.0 Å². The molecular formula is C10H10F5NO5S. The number of sulfonamides is 1. The minimum atomic E-state index is -5.40. The molecule has 0 aromatic heterocycles. The van der Waals surface area contributed by atoms with Gasteiger partial charge < -0.3 is 15.3 Å². The molecule has 0 saturated carbocycles. The molecule has 1 aromatic rings. The number of aliphatic hydroxyl groups is 3. The van der Waals surface area contributed by atoms with Crippen molar-refractivity contribution in [3.63, 3.8) is 0 Å². The van der Waals surface area contributed by atoms with E-state index in [4.69, 9.17) is 15.3 Å². The Balaban J connectivity index is 3.55. The topological polar surface area (TPSA) is 107 Å². The number of aliphatic hydroxyl groups excluding tert-OH is 3. The van der Waals surface area contributed by atoms with Crippen LogP contribution >= 0.6 is 0 Å². The van der Waals surface area contributed by atoms with Gasteiger partial charge in [0.2, 0.25) is 15.8 Å². The van der Waals surface area contributed by atoms with E-state index >= 15 is 0 Å². The van der Waals surface area contributed by atoms with Crippen molar-refractivity contribution in [3.05, 3.63) is 29.1 Å². The summed E-state index contributed by atoms with van der Waals surface area (Å²) in [6.45, 7) is -3.64. The van der Waals surface area contributed by atoms with Gasteiger partial charge in [-0.25, -0.2) is 30.4 Å². The van der Waals surface area contributed by atoms with Gasteiger partial charge in [0.15, 0.2) is 28.2 Å². The zero-order chi connectivity index (χ0) is 17.3. The third-order valence-electron chi connectivity index (χ3n) is 2.70. The molecule has 6 nitrogen and oxygen atoms in total. The zero-order valence-corrected chi connectivity index (χ0v) is 11.4. The maximum atomic E-state index is 13.5. The Morgan fingerprint density at radius 3 is 1.41 bits per heavy atom. The highest BCUT2D eigenvalue weighted by molar-refractivity contribution is 7.89. The van der Waals surface area contributed by atoms with Gasteiger partial charge in [-0.3, -0.25) is 0 Å². The maximum absolute atomic E-state index is 13.5. The van der Waals surface area contributed by atoms with Crippen LogP contribution in [0.2, 0.25) is 0 Å². The fourth-order valence-electron chi connectivity index (χ4n) is 1.40. The van der Waals surface area contributed by atoms with Crippen molar-refractivity contribution in [2.75, 3.05) is 19.8 Å². The van der Waals surface area contributed by atoms with Gasteiger partial charge in [-0.05, 0) is 0 Å². The van der Waals surface area contributed by atoms with Crippen molar-refractivity contribution < 1.29 is 45.7 Å². The van der Waals surface area contributed by atoms with Gasteiger partial charge in [-0.1, -0.05) is 0 Å². The summed E-state index contributed by atoms with van der Waals surface area (Å²) in [7, 11) is -5.40. The lowest BCUT2D eigenvalue weighted by atomic mass is 10.1. The van der Waals surface area contributed by atoms with Gasteiger partial charge in [0, 0.05) is 0 Å². The largest absolute Gasteiger partial charge is 0.394 e. The van der Waals surface area contributed by atoms with E-state index < -0.39 is 69.4 Å². The smallest absolute Gasteiger partial charge is 0.247 e. The molecule has 0 amide bonds. The van der Waals surface area contributed by atoms with Crippen LogP contribution in [0.3, 0.4) is 0 Å². The fourth-order valence-corrected chi connectivity index (χ4v) is 2.92. The predicted octanol–water partition coefficient (Wildman–Crippen LogP) is -0.624. The highest BCUT2D eigenvalue weighted by Gasteiger charge is 2.39. The Labute approximate surface area is 120 Å². The van der Waals surface area contributed by atoms with Crippen molar-refractivity contribution in [1.82, 2.24) is 4.72 Å². The van der Waals surface area contributed by atoms with Crippen LogP contribution in [-0.4, -0.2) is 49.1 Å². The molecule has 0 aliphatic carbocycles. The van der Waals surface area contributed by atoms with Gasteiger partial charge in [-0.15, -0.1) is 0 Å². The predicted molar refractivity (Wildman–Crippen MR) is 60.5 cm³/mol. The lowest BCUT2D eigenvalue weighted by molar-refractivity contribution is 0.0580. The fraction of sp³-hybridized carbons (Fsp3) is 0.400. The Kier molecular flexibility index (Phi) is 5.46. The standard InChI is InChI=1S/C10H10F5NO5S/c11-4-5(12)7(14)9(8(15)6(4)13)22(20,21)16-10(1-17,2-18)3-19/h16-19H,1-3H2. The molecule has 0 radical (unpaired) electrons. The van der Waals surface area contributed by atoms with Gasteiger partial charge in [0.05, 0.1) is 19.8 Å². The van der Waals surface area contributed by atoms with Crippen LogP contribution in [0.25, 0.3) is 0 Å². The molecule has 0 unspecified atom stereocenters. The minimum absolute atomic E-state index is 1.21. The van der Waals surface area contributed by atoms with Crippen molar-refractivity contribution in [2.24, 2.45) is 0 Å². The summed E-state index contributed by atoms with van der Waals surface area (Å²) in [5.74, 6) is -12.8. The van der Waals surface area contributed by atoms with E-state index in [0.717, 1.165) is 0 Å². The van der Waals surface area contributed by atoms with Gasteiger partial charge in [0.1, 0.15) is 5.54 Å². The summed E-state index contributed by atoms with van der Waals surface area (Å²) >= 11 is 0. The Morgan fingerprint density at radius 2 is 1.09 bits per heavy atom. The molecule has 0 aliphatic rings. The third kappa shape index (κ3) is 3.05. The SMILES string of the molecule is O=S(=O)(NC(CO)(CO)CO)c1c(F)c(F)c(F)c(F)c1F. The van der Waals surface area contributed by atoms with Crippen molar-refractivity contribution in [3.8, 4) is 0 Å². The van der Waals surface area contributed by atoms with E-state index in [2.05, 4.69) is 0 Å². The first-order valence-corrected chi connectivity index (χ1v) is 6.93. The van der Waals surface area contributed by atoms with Crippen molar-refractivity contribution in [2.45, 2.75) is 10.4 Å². The molecule has 0 fully saturated rings. The second-order valence-electron chi connectivity index (χ2n) is 4.26. The number of rotatable bonds is 6. The second kappa shape index (κ2) is 6.42. The molecule has 0 spiro atoms. The average Bonchev–Trinajstić information content (AvgIpc) is 2.48. The summed E-state index contributed by atoms with van der Waals surface area (Å²) < 4.78 is 90.7. The quantitative estimate of drug-likeness (QED) is 0.310. The number of nitrogens with one attached hydrogen (secondary N) is 1. The van der Waals surface area contributed by atoms with E-state index in [0.29, 0.717) is 0 Å². The Morgan fingerprint density at radius 1 is 0.773 bits per heavy atom. The molecule has 0 bridgehead atoms. The van der Waals surface area contributed by atoms with Crippen molar-refractivity contribution >= 4 is 10.0 Å². The van der Waals surface area contributed by atoms with Crippen LogP contribution in [0, 0.1) is 29.1 Å². The van der Waals surface area contributed by atoms with Gasteiger partial charge in [0.25, 0.3) is 0 Å². The van der Waals surface area contributed by atoms with Crippen LogP contribution in [0.15, 0.2) is 4.90 Å². The normalized spacial score (nSPS) is 12.7. The first kappa shape index (κ1) is 18.7. The summed E-state index contributed by atoms with van der Waals surface area (Å²) in [5, 5.41) is 26.8. The molecule has 0 heterocycles.